The molecule has 2 atom stereocenters. The van der Waals surface area contributed by atoms with Crippen LogP contribution in [0.3, 0.4) is 0 Å². The van der Waals surface area contributed by atoms with Gasteiger partial charge >= 0.3 is 0 Å². The molecule has 30 heavy (non-hydrogen) atoms. The van der Waals surface area contributed by atoms with Gasteiger partial charge in [-0.05, 0) is 36.4 Å². The number of hydrogen-bond acceptors (Lipinski definition) is 4. The highest BCUT2D eigenvalue weighted by atomic mass is 35.5. The highest BCUT2D eigenvalue weighted by Crippen LogP contribution is 2.38. The summed E-state index contributed by atoms with van der Waals surface area (Å²) in [4.78, 5) is 15.0. The maximum atomic E-state index is 13.7. The first kappa shape index (κ1) is 19.4. The number of hydrogen-bond donors (Lipinski definition) is 0. The Hall–Kier alpha value is -2.55. The molecule has 154 valence electrons. The fourth-order valence-corrected chi connectivity index (χ4v) is 4.37. The zero-order valence-corrected chi connectivity index (χ0v) is 16.9. The molecule has 6 nitrogen and oxygen atoms in total. The van der Waals surface area contributed by atoms with Crippen molar-refractivity contribution in [2.45, 2.75) is 18.6 Å². The first-order valence-corrected chi connectivity index (χ1v) is 9.94. The van der Waals surface area contributed by atoms with Crippen molar-refractivity contribution >= 4 is 29.1 Å². The minimum atomic E-state index is -0.691. The average molecular weight is 451 g/mol. The first-order chi connectivity index (χ1) is 14.5. The third-order valence-electron chi connectivity index (χ3n) is 5.39. The van der Waals surface area contributed by atoms with Gasteiger partial charge in [0.2, 0.25) is 0 Å². The van der Waals surface area contributed by atoms with Gasteiger partial charge in [0.25, 0.3) is 5.91 Å². The summed E-state index contributed by atoms with van der Waals surface area (Å²) in [7, 11) is 0. The van der Waals surface area contributed by atoms with E-state index in [-0.39, 0.29) is 40.0 Å². The summed E-state index contributed by atoms with van der Waals surface area (Å²) >= 11 is 12.0. The maximum absolute atomic E-state index is 13.7. The molecule has 2 bridgehead atoms. The van der Waals surface area contributed by atoms with Gasteiger partial charge in [0.15, 0.2) is 11.6 Å². The minimum Gasteiger partial charge on any atom is -0.377 e. The van der Waals surface area contributed by atoms with Crippen LogP contribution in [-0.2, 0) is 11.3 Å². The summed E-state index contributed by atoms with van der Waals surface area (Å²) in [5.41, 5.74) is 0.842. The van der Waals surface area contributed by atoms with Crippen molar-refractivity contribution in [2.75, 3.05) is 13.2 Å². The molecule has 0 N–H and O–H groups in total. The van der Waals surface area contributed by atoms with Gasteiger partial charge in [-0.3, -0.25) is 4.79 Å². The number of morpholine rings is 1. The second-order valence-electron chi connectivity index (χ2n) is 7.14. The van der Waals surface area contributed by atoms with E-state index in [0.29, 0.717) is 24.8 Å². The molecule has 0 radical (unpaired) electrons. The van der Waals surface area contributed by atoms with E-state index >= 15 is 0 Å². The summed E-state index contributed by atoms with van der Waals surface area (Å²) in [6.07, 6.45) is 0. The molecular weight excluding hydrogens is 437 g/mol. The number of nitrogens with zero attached hydrogens (tertiary/aromatic N) is 4. The second-order valence-corrected chi connectivity index (χ2v) is 7.90. The van der Waals surface area contributed by atoms with Crippen molar-refractivity contribution in [3.05, 3.63) is 69.5 Å². The lowest BCUT2D eigenvalue weighted by Crippen LogP contribution is -2.56. The van der Waals surface area contributed by atoms with E-state index < -0.39 is 11.9 Å². The molecular formula is C20H14Cl2F2N4O2. The van der Waals surface area contributed by atoms with Gasteiger partial charge in [-0.2, -0.15) is 0 Å². The highest BCUT2D eigenvalue weighted by molar-refractivity contribution is 6.44. The Labute approximate surface area is 180 Å². The third-order valence-corrected chi connectivity index (χ3v) is 6.25. The molecule has 2 aromatic carbocycles. The number of benzene rings is 2. The molecule has 0 unspecified atom stereocenters. The van der Waals surface area contributed by atoms with E-state index in [2.05, 4.69) is 10.2 Å². The molecule has 10 heteroatoms. The van der Waals surface area contributed by atoms with E-state index in [4.69, 9.17) is 27.9 Å². The number of rotatable bonds is 2. The van der Waals surface area contributed by atoms with Gasteiger partial charge in [0.05, 0.1) is 34.9 Å². The number of fused-ring (bicyclic) bond motifs is 4. The standard InChI is InChI=1S/C20H14Cl2F2N4O2/c21-16-13(5-6-14(24)17(16)22)20(29)28-12-7-27-18(10-1-3-11(23)4-2-10)25-26-19(27)15(28)9-30-8-12/h1-6,12,15H,7-9H2/t12-,15-/m1/s1. The lowest BCUT2D eigenvalue weighted by atomic mass is 10.0. The molecule has 1 amide bonds. The van der Waals surface area contributed by atoms with Crippen LogP contribution in [0.1, 0.15) is 22.2 Å². The van der Waals surface area contributed by atoms with Gasteiger partial charge in [-0.1, -0.05) is 23.2 Å². The molecule has 2 aliphatic rings. The predicted octanol–water partition coefficient (Wildman–Crippen LogP) is 4.13. The number of carbonyl (C=O) groups excluding carboxylic acids is 1. The van der Waals surface area contributed by atoms with Gasteiger partial charge in [0.1, 0.15) is 17.7 Å². The fourth-order valence-electron chi connectivity index (χ4n) is 3.97. The van der Waals surface area contributed by atoms with Crippen molar-refractivity contribution in [1.82, 2.24) is 19.7 Å². The monoisotopic (exact) mass is 450 g/mol. The Morgan fingerprint density at radius 3 is 2.57 bits per heavy atom. The molecule has 0 spiro atoms. The Kier molecular flexibility index (Phi) is 4.72. The van der Waals surface area contributed by atoms with Gasteiger partial charge in [-0.15, -0.1) is 10.2 Å². The number of carbonyl (C=O) groups is 1. The predicted molar refractivity (Wildman–Crippen MR) is 105 cm³/mol. The van der Waals surface area contributed by atoms with Crippen LogP contribution in [0, 0.1) is 11.6 Å². The van der Waals surface area contributed by atoms with Gasteiger partial charge in [-0.25, -0.2) is 8.78 Å². The van der Waals surface area contributed by atoms with Crippen molar-refractivity contribution in [2.24, 2.45) is 0 Å². The Balaban J connectivity index is 1.55. The van der Waals surface area contributed by atoms with Crippen molar-refractivity contribution in [1.29, 1.82) is 0 Å². The maximum Gasteiger partial charge on any atom is 0.256 e. The lowest BCUT2D eigenvalue weighted by Gasteiger charge is -2.45. The van der Waals surface area contributed by atoms with E-state index in [0.717, 1.165) is 11.6 Å². The molecule has 5 rings (SSSR count). The first-order valence-electron chi connectivity index (χ1n) is 9.18. The van der Waals surface area contributed by atoms with Crippen molar-refractivity contribution in [3.8, 4) is 11.4 Å². The second kappa shape index (κ2) is 7.30. The van der Waals surface area contributed by atoms with Crippen LogP contribution >= 0.6 is 23.2 Å². The van der Waals surface area contributed by atoms with Crippen LogP contribution < -0.4 is 0 Å². The zero-order valence-electron chi connectivity index (χ0n) is 15.4. The van der Waals surface area contributed by atoms with E-state index in [1.807, 2.05) is 4.57 Å². The normalized spacial score (nSPS) is 20.2. The van der Waals surface area contributed by atoms with Crippen LogP contribution in [0.5, 0.6) is 0 Å². The molecule has 1 fully saturated rings. The Morgan fingerprint density at radius 1 is 1.03 bits per heavy atom. The van der Waals surface area contributed by atoms with Crippen molar-refractivity contribution < 1.29 is 18.3 Å². The minimum absolute atomic E-state index is 0.117. The number of halogens is 4. The fraction of sp³-hybridized carbons (Fsp3) is 0.250. The largest absolute Gasteiger partial charge is 0.377 e. The summed E-state index contributed by atoms with van der Waals surface area (Å²) < 4.78 is 34.6. The lowest BCUT2D eigenvalue weighted by molar-refractivity contribution is -0.0569. The van der Waals surface area contributed by atoms with Crippen LogP contribution in [0.25, 0.3) is 11.4 Å². The Morgan fingerprint density at radius 2 is 1.80 bits per heavy atom. The zero-order chi connectivity index (χ0) is 21.0. The molecule has 3 aromatic rings. The van der Waals surface area contributed by atoms with Crippen molar-refractivity contribution in [3.63, 3.8) is 0 Å². The molecule has 3 heterocycles. The van der Waals surface area contributed by atoms with Crippen LogP contribution in [-0.4, -0.2) is 44.8 Å². The highest BCUT2D eigenvalue weighted by Gasteiger charge is 2.44. The smallest absolute Gasteiger partial charge is 0.256 e. The average Bonchev–Trinajstić information content (AvgIpc) is 3.15. The van der Waals surface area contributed by atoms with Crippen LogP contribution in [0.15, 0.2) is 36.4 Å². The van der Waals surface area contributed by atoms with E-state index in [1.165, 1.54) is 18.2 Å². The number of aromatic nitrogens is 3. The van der Waals surface area contributed by atoms with Gasteiger partial charge in [0, 0.05) is 12.1 Å². The molecule has 1 aromatic heterocycles. The third kappa shape index (κ3) is 2.98. The van der Waals surface area contributed by atoms with E-state index in [1.54, 1.807) is 17.0 Å². The molecule has 0 saturated carbocycles. The van der Waals surface area contributed by atoms with Crippen LogP contribution in [0.2, 0.25) is 10.0 Å². The molecule has 2 aliphatic heterocycles. The SMILES string of the molecule is O=C(c1ccc(F)c(Cl)c1Cl)N1[C@H]2COC[C@@H]1c1nnc(-c3ccc(F)cc3)n1C2. The topological polar surface area (TPSA) is 60.3 Å². The molecule has 0 aliphatic carbocycles. The van der Waals surface area contributed by atoms with Crippen LogP contribution in [0.4, 0.5) is 8.78 Å². The number of amides is 1. The van der Waals surface area contributed by atoms with E-state index in [9.17, 15) is 13.6 Å². The number of ether oxygens (including phenoxy) is 1. The Bertz CT molecular complexity index is 1150. The summed E-state index contributed by atoms with van der Waals surface area (Å²) in [6, 6.07) is 7.64. The van der Waals surface area contributed by atoms with Gasteiger partial charge < -0.3 is 14.2 Å². The summed E-state index contributed by atoms with van der Waals surface area (Å²) in [5, 5.41) is 8.14. The molecule has 1 saturated heterocycles. The quantitative estimate of drug-likeness (QED) is 0.550. The summed E-state index contributed by atoms with van der Waals surface area (Å²) in [5.74, 6) is -0.254. The summed E-state index contributed by atoms with van der Waals surface area (Å²) in [6.45, 7) is 0.940.